The summed E-state index contributed by atoms with van der Waals surface area (Å²) in [4.78, 5) is 12.4. The van der Waals surface area contributed by atoms with Crippen molar-refractivity contribution in [2.45, 2.75) is 269 Å². The Hall–Kier alpha value is -1.21. The van der Waals surface area contributed by atoms with Crippen molar-refractivity contribution in [2.75, 3.05) is 6.61 Å². The second-order valence-corrected chi connectivity index (χ2v) is 16.5. The van der Waals surface area contributed by atoms with Crippen molar-refractivity contribution in [3.05, 3.63) is 24.3 Å². The second-order valence-electron chi connectivity index (χ2n) is 16.5. The van der Waals surface area contributed by atoms with Crippen LogP contribution in [-0.2, 0) is 4.79 Å². The Morgan fingerprint density at radius 1 is 0.463 bits per heavy atom. The fourth-order valence-corrected chi connectivity index (χ4v) is 7.38. The van der Waals surface area contributed by atoms with Gasteiger partial charge >= 0.3 is 0 Å². The van der Waals surface area contributed by atoms with Gasteiger partial charge in [-0.25, -0.2) is 0 Å². The molecule has 4 unspecified atom stereocenters. The molecule has 0 bridgehead atoms. The summed E-state index contributed by atoms with van der Waals surface area (Å²) in [6.45, 7) is 3.98. The zero-order chi connectivity index (χ0) is 39.6. The largest absolute Gasteiger partial charge is 0.394 e. The standard InChI is InChI=1S/C48H93NO5/c1-3-5-7-9-11-12-13-14-15-16-17-18-19-20-21-22-23-24-25-26-27-28-29-30-31-32-33-34-35-36-38-40-42-46(52)48(54)49-44(43-50)47(53)45(51)41-39-37-10-8-6-4-2/h17-18,20-21,44-47,50-53H,3-16,19,22-43H2,1-2H3,(H,49,54)/b18-17-,21-20-. The molecule has 54 heavy (non-hydrogen) atoms. The van der Waals surface area contributed by atoms with E-state index in [1.54, 1.807) is 0 Å². The number of allylic oxidation sites excluding steroid dienone is 4. The molecule has 0 spiro atoms. The van der Waals surface area contributed by atoms with E-state index in [1.807, 2.05) is 0 Å². The fourth-order valence-electron chi connectivity index (χ4n) is 7.38. The molecule has 5 N–H and O–H groups in total. The first kappa shape index (κ1) is 52.8. The lowest BCUT2D eigenvalue weighted by molar-refractivity contribution is -0.132. The van der Waals surface area contributed by atoms with Crippen LogP contribution in [0.4, 0.5) is 0 Å². The summed E-state index contributed by atoms with van der Waals surface area (Å²) in [6, 6.07) is -0.980. The summed E-state index contributed by atoms with van der Waals surface area (Å²) >= 11 is 0. The normalized spacial score (nSPS) is 14.3. The van der Waals surface area contributed by atoms with Crippen molar-refractivity contribution < 1.29 is 25.2 Å². The molecular formula is C48H93NO5. The quantitative estimate of drug-likeness (QED) is 0.0314. The van der Waals surface area contributed by atoms with Gasteiger partial charge < -0.3 is 25.7 Å². The first-order valence-electron chi connectivity index (χ1n) is 23.7. The Bertz CT molecular complexity index is 817. The zero-order valence-corrected chi connectivity index (χ0v) is 36.0. The van der Waals surface area contributed by atoms with Crippen molar-refractivity contribution in [3.8, 4) is 0 Å². The van der Waals surface area contributed by atoms with E-state index in [0.717, 1.165) is 44.9 Å². The minimum Gasteiger partial charge on any atom is -0.394 e. The van der Waals surface area contributed by atoms with Crippen LogP contribution >= 0.6 is 0 Å². The molecule has 0 aliphatic heterocycles. The molecule has 0 aromatic rings. The topological polar surface area (TPSA) is 110 Å². The van der Waals surface area contributed by atoms with Gasteiger partial charge in [0.15, 0.2) is 0 Å². The maximum atomic E-state index is 12.4. The van der Waals surface area contributed by atoms with E-state index in [4.69, 9.17) is 0 Å². The lowest BCUT2D eigenvalue weighted by Crippen LogP contribution is -2.53. The van der Waals surface area contributed by atoms with Gasteiger partial charge in [0, 0.05) is 0 Å². The van der Waals surface area contributed by atoms with Crippen LogP contribution in [0.15, 0.2) is 24.3 Å². The Labute approximate surface area is 335 Å². The van der Waals surface area contributed by atoms with Gasteiger partial charge in [0.1, 0.15) is 12.2 Å². The number of aliphatic hydroxyl groups is 4. The van der Waals surface area contributed by atoms with Crippen molar-refractivity contribution in [2.24, 2.45) is 0 Å². The number of aliphatic hydroxyl groups excluding tert-OH is 4. The van der Waals surface area contributed by atoms with Crippen molar-refractivity contribution in [3.63, 3.8) is 0 Å². The minimum atomic E-state index is -1.25. The Balaban J connectivity index is 3.51. The van der Waals surface area contributed by atoms with Gasteiger partial charge in [0.25, 0.3) is 0 Å². The van der Waals surface area contributed by atoms with Crippen molar-refractivity contribution >= 4 is 5.91 Å². The van der Waals surface area contributed by atoms with Gasteiger partial charge in [-0.05, 0) is 44.9 Å². The van der Waals surface area contributed by atoms with E-state index in [-0.39, 0.29) is 0 Å². The number of carbonyl (C=O) groups is 1. The number of unbranched alkanes of at least 4 members (excludes halogenated alkanes) is 30. The maximum Gasteiger partial charge on any atom is 0.249 e. The molecule has 0 aliphatic rings. The highest BCUT2D eigenvalue weighted by molar-refractivity contribution is 5.80. The predicted molar refractivity (Wildman–Crippen MR) is 233 cm³/mol. The number of rotatable bonds is 43. The third-order valence-electron chi connectivity index (χ3n) is 11.2. The average Bonchev–Trinajstić information content (AvgIpc) is 3.18. The van der Waals surface area contributed by atoms with E-state index in [2.05, 4.69) is 43.5 Å². The highest BCUT2D eigenvalue weighted by atomic mass is 16.3. The molecule has 0 saturated carbocycles. The summed E-state index contributed by atoms with van der Waals surface area (Å²) in [7, 11) is 0. The third-order valence-corrected chi connectivity index (χ3v) is 11.2. The van der Waals surface area contributed by atoms with Crippen LogP contribution in [-0.4, -0.2) is 57.3 Å². The van der Waals surface area contributed by atoms with Crippen LogP contribution in [0.2, 0.25) is 0 Å². The van der Waals surface area contributed by atoms with E-state index < -0.39 is 36.9 Å². The lowest BCUT2D eigenvalue weighted by Gasteiger charge is -2.27. The molecule has 0 aliphatic carbocycles. The molecule has 4 atom stereocenters. The summed E-state index contributed by atoms with van der Waals surface area (Å²) in [5, 5.41) is 43.3. The van der Waals surface area contributed by atoms with Crippen LogP contribution in [0.25, 0.3) is 0 Å². The Kier molecular flexibility index (Phi) is 42.0. The summed E-state index contributed by atoms with van der Waals surface area (Å²) in [5.74, 6) is -0.587. The number of amides is 1. The Morgan fingerprint density at radius 3 is 1.17 bits per heavy atom. The molecule has 0 rings (SSSR count). The van der Waals surface area contributed by atoms with Crippen molar-refractivity contribution in [1.82, 2.24) is 5.32 Å². The van der Waals surface area contributed by atoms with E-state index in [9.17, 15) is 25.2 Å². The first-order valence-corrected chi connectivity index (χ1v) is 23.7. The van der Waals surface area contributed by atoms with Crippen molar-refractivity contribution in [1.29, 1.82) is 0 Å². The summed E-state index contributed by atoms with van der Waals surface area (Å²) in [6.07, 6.45) is 49.9. The van der Waals surface area contributed by atoms with Gasteiger partial charge in [-0.1, -0.05) is 224 Å². The zero-order valence-electron chi connectivity index (χ0n) is 36.0. The maximum absolute atomic E-state index is 12.4. The number of hydrogen-bond acceptors (Lipinski definition) is 5. The SMILES string of the molecule is CCCCCCCCCCC/C=C\C/C=C\CCCCCCCCCCCCCCCCCCC(O)C(=O)NC(CO)C(O)C(O)CCCCCCCC. The van der Waals surface area contributed by atoms with E-state index >= 15 is 0 Å². The van der Waals surface area contributed by atoms with Gasteiger partial charge in [-0.2, -0.15) is 0 Å². The van der Waals surface area contributed by atoms with E-state index in [1.165, 1.54) is 173 Å². The van der Waals surface area contributed by atoms with Crippen LogP contribution in [0.5, 0.6) is 0 Å². The predicted octanol–water partition coefficient (Wildman–Crippen LogP) is 12.7. The van der Waals surface area contributed by atoms with Crippen LogP contribution < -0.4 is 5.32 Å². The monoisotopic (exact) mass is 764 g/mol. The highest BCUT2D eigenvalue weighted by Crippen LogP contribution is 2.16. The summed E-state index contributed by atoms with van der Waals surface area (Å²) in [5.41, 5.74) is 0. The minimum absolute atomic E-state index is 0.370. The number of carbonyl (C=O) groups excluding carboxylic acids is 1. The molecule has 0 saturated heterocycles. The second kappa shape index (κ2) is 42.9. The van der Waals surface area contributed by atoms with Gasteiger partial charge in [0.2, 0.25) is 5.91 Å². The Morgan fingerprint density at radius 2 is 0.796 bits per heavy atom. The first-order chi connectivity index (χ1) is 26.5. The molecule has 1 amide bonds. The molecular weight excluding hydrogens is 671 g/mol. The average molecular weight is 764 g/mol. The van der Waals surface area contributed by atoms with E-state index in [0.29, 0.717) is 12.8 Å². The van der Waals surface area contributed by atoms with Gasteiger partial charge in [0.05, 0.1) is 18.8 Å². The smallest absolute Gasteiger partial charge is 0.249 e. The lowest BCUT2D eigenvalue weighted by atomic mass is 9.99. The van der Waals surface area contributed by atoms with Gasteiger partial charge in [-0.15, -0.1) is 0 Å². The molecule has 0 aromatic carbocycles. The summed E-state index contributed by atoms with van der Waals surface area (Å²) < 4.78 is 0. The third kappa shape index (κ3) is 36.4. The van der Waals surface area contributed by atoms with Crippen LogP contribution in [0.1, 0.15) is 245 Å². The van der Waals surface area contributed by atoms with Crippen LogP contribution in [0, 0.1) is 0 Å². The van der Waals surface area contributed by atoms with Gasteiger partial charge in [-0.3, -0.25) is 4.79 Å². The van der Waals surface area contributed by atoms with Crippen LogP contribution in [0.3, 0.4) is 0 Å². The number of hydrogen-bond donors (Lipinski definition) is 5. The highest BCUT2D eigenvalue weighted by Gasteiger charge is 2.28. The molecule has 0 fully saturated rings. The molecule has 0 aromatic heterocycles. The molecule has 320 valence electrons. The molecule has 6 heteroatoms. The molecule has 6 nitrogen and oxygen atoms in total. The fraction of sp³-hybridized carbons (Fsp3) is 0.896. The molecule has 0 radical (unpaired) electrons. The number of nitrogens with one attached hydrogen (secondary N) is 1. The molecule has 0 heterocycles.